The molecule has 4 nitrogen and oxygen atoms in total. The third-order valence-electron chi connectivity index (χ3n) is 3.32. The summed E-state index contributed by atoms with van der Waals surface area (Å²) in [5.41, 5.74) is 0.992. The van der Waals surface area contributed by atoms with Crippen LogP contribution in [0.2, 0.25) is 0 Å². The number of hydrogen-bond donors (Lipinski definition) is 1. The third-order valence-corrected chi connectivity index (χ3v) is 3.32. The largest absolute Gasteiger partial charge is 0.303 e. The van der Waals surface area contributed by atoms with Crippen molar-refractivity contribution in [2.45, 2.75) is 31.8 Å². The summed E-state index contributed by atoms with van der Waals surface area (Å²) in [7, 11) is 1.50. The van der Waals surface area contributed by atoms with Crippen LogP contribution in [0.1, 0.15) is 18.9 Å². The molecule has 102 valence electrons. The molecule has 0 aromatic heterocycles. The highest BCUT2D eigenvalue weighted by Crippen LogP contribution is 2.13. The predicted molar refractivity (Wildman–Crippen MR) is 68.9 cm³/mol. The summed E-state index contributed by atoms with van der Waals surface area (Å²) < 4.78 is 12.8. The lowest BCUT2D eigenvalue weighted by molar-refractivity contribution is -0.137. The first-order valence-corrected chi connectivity index (χ1v) is 6.28. The Balaban J connectivity index is 1.91. The number of hydrogen-bond acceptors (Lipinski definition) is 3. The van der Waals surface area contributed by atoms with Crippen LogP contribution < -0.4 is 5.32 Å². The summed E-state index contributed by atoms with van der Waals surface area (Å²) >= 11 is 0. The van der Waals surface area contributed by atoms with E-state index in [1.54, 1.807) is 12.1 Å². The fourth-order valence-electron chi connectivity index (χ4n) is 2.26. The van der Waals surface area contributed by atoms with E-state index in [0.29, 0.717) is 6.42 Å². The van der Waals surface area contributed by atoms with Crippen molar-refractivity contribution in [2.24, 2.45) is 0 Å². The SMILES string of the molecule is CC(Cc1ccc(F)cc1)NC1CC(=O)N(C)C1=O. The molecule has 5 heteroatoms. The molecule has 0 aliphatic carbocycles. The Labute approximate surface area is 111 Å². The average Bonchev–Trinajstić information content (AvgIpc) is 2.60. The molecule has 1 heterocycles. The molecule has 0 saturated carbocycles. The highest BCUT2D eigenvalue weighted by atomic mass is 19.1. The molecule has 1 N–H and O–H groups in total. The number of rotatable bonds is 4. The van der Waals surface area contributed by atoms with Gasteiger partial charge >= 0.3 is 0 Å². The molecule has 1 saturated heterocycles. The minimum Gasteiger partial charge on any atom is -0.303 e. The summed E-state index contributed by atoms with van der Waals surface area (Å²) in [5, 5.41) is 3.15. The van der Waals surface area contributed by atoms with Crippen molar-refractivity contribution in [3.8, 4) is 0 Å². The van der Waals surface area contributed by atoms with Gasteiger partial charge in [0.2, 0.25) is 11.8 Å². The van der Waals surface area contributed by atoms with Crippen LogP contribution in [0, 0.1) is 5.82 Å². The zero-order valence-corrected chi connectivity index (χ0v) is 11.0. The predicted octanol–water partition coefficient (Wildman–Crippen LogP) is 1.10. The van der Waals surface area contributed by atoms with Crippen LogP contribution in [0.25, 0.3) is 0 Å². The topological polar surface area (TPSA) is 49.4 Å². The second-order valence-corrected chi connectivity index (χ2v) is 4.95. The normalized spacial score (nSPS) is 21.0. The van der Waals surface area contributed by atoms with Crippen LogP contribution in [0.3, 0.4) is 0 Å². The molecular formula is C14H17FN2O2. The number of nitrogens with zero attached hydrogens (tertiary/aromatic N) is 1. The Morgan fingerprint density at radius 2 is 2.00 bits per heavy atom. The summed E-state index contributed by atoms with van der Waals surface area (Å²) in [5.74, 6) is -0.602. The Bertz CT molecular complexity index is 487. The fourth-order valence-corrected chi connectivity index (χ4v) is 2.26. The van der Waals surface area contributed by atoms with E-state index in [2.05, 4.69) is 5.32 Å². The number of carbonyl (C=O) groups excluding carboxylic acids is 2. The Morgan fingerprint density at radius 3 is 2.53 bits per heavy atom. The van der Waals surface area contributed by atoms with E-state index in [0.717, 1.165) is 10.5 Å². The van der Waals surface area contributed by atoms with E-state index in [-0.39, 0.29) is 30.1 Å². The van der Waals surface area contributed by atoms with E-state index in [1.807, 2.05) is 6.92 Å². The molecule has 2 atom stereocenters. The molecule has 1 aliphatic rings. The molecule has 19 heavy (non-hydrogen) atoms. The van der Waals surface area contributed by atoms with Gasteiger partial charge < -0.3 is 5.32 Å². The monoisotopic (exact) mass is 264 g/mol. The minimum absolute atomic E-state index is 0.0405. The van der Waals surface area contributed by atoms with Gasteiger partial charge in [0.1, 0.15) is 5.82 Å². The first-order valence-electron chi connectivity index (χ1n) is 6.28. The molecule has 1 aromatic rings. The van der Waals surface area contributed by atoms with Gasteiger partial charge in [0.05, 0.1) is 12.5 Å². The van der Waals surface area contributed by atoms with Crippen molar-refractivity contribution in [1.82, 2.24) is 10.2 Å². The lowest BCUT2D eigenvalue weighted by Gasteiger charge is -2.18. The Morgan fingerprint density at radius 1 is 1.37 bits per heavy atom. The number of benzene rings is 1. The van der Waals surface area contributed by atoms with E-state index >= 15 is 0 Å². The number of halogens is 1. The maximum absolute atomic E-state index is 12.8. The molecule has 2 amide bonds. The first kappa shape index (κ1) is 13.7. The van der Waals surface area contributed by atoms with Gasteiger partial charge in [0, 0.05) is 13.1 Å². The molecule has 0 radical (unpaired) electrons. The van der Waals surface area contributed by atoms with Gasteiger partial charge in [0.25, 0.3) is 0 Å². The zero-order chi connectivity index (χ0) is 14.0. The molecule has 2 rings (SSSR count). The number of nitrogens with one attached hydrogen (secondary N) is 1. The van der Waals surface area contributed by atoms with E-state index in [4.69, 9.17) is 0 Å². The maximum atomic E-state index is 12.8. The number of carbonyl (C=O) groups is 2. The molecular weight excluding hydrogens is 247 g/mol. The van der Waals surface area contributed by atoms with Crippen molar-refractivity contribution in [3.05, 3.63) is 35.6 Å². The average molecular weight is 264 g/mol. The maximum Gasteiger partial charge on any atom is 0.246 e. The van der Waals surface area contributed by atoms with Crippen molar-refractivity contribution in [2.75, 3.05) is 7.05 Å². The minimum atomic E-state index is -0.437. The van der Waals surface area contributed by atoms with Crippen molar-refractivity contribution >= 4 is 11.8 Å². The molecule has 0 spiro atoms. The number of amides is 2. The van der Waals surface area contributed by atoms with Gasteiger partial charge in [-0.15, -0.1) is 0 Å². The molecule has 1 aromatic carbocycles. The molecule has 2 unspecified atom stereocenters. The van der Waals surface area contributed by atoms with Crippen molar-refractivity contribution < 1.29 is 14.0 Å². The van der Waals surface area contributed by atoms with Crippen LogP contribution in [-0.4, -0.2) is 35.8 Å². The van der Waals surface area contributed by atoms with E-state index in [9.17, 15) is 14.0 Å². The van der Waals surface area contributed by atoms with Gasteiger partial charge in [-0.25, -0.2) is 4.39 Å². The van der Waals surface area contributed by atoms with Crippen molar-refractivity contribution in [3.63, 3.8) is 0 Å². The zero-order valence-electron chi connectivity index (χ0n) is 11.0. The summed E-state index contributed by atoms with van der Waals surface area (Å²) in [6.45, 7) is 1.94. The lowest BCUT2D eigenvalue weighted by Crippen LogP contribution is -2.42. The number of likely N-dealkylation sites (tertiary alicyclic amines) is 1. The van der Waals surface area contributed by atoms with Crippen LogP contribution in [0.5, 0.6) is 0 Å². The first-order chi connectivity index (χ1) is 8.97. The second kappa shape index (κ2) is 5.48. The fraction of sp³-hybridized carbons (Fsp3) is 0.429. The quantitative estimate of drug-likeness (QED) is 0.829. The number of imide groups is 1. The van der Waals surface area contributed by atoms with Gasteiger partial charge in [-0.2, -0.15) is 0 Å². The highest BCUT2D eigenvalue weighted by molar-refractivity contribution is 6.05. The molecule has 1 fully saturated rings. The molecule has 0 bridgehead atoms. The summed E-state index contributed by atoms with van der Waals surface area (Å²) in [6, 6.07) is 5.88. The van der Waals surface area contributed by atoms with Gasteiger partial charge in [-0.3, -0.25) is 14.5 Å². The summed E-state index contributed by atoms with van der Waals surface area (Å²) in [4.78, 5) is 24.3. The van der Waals surface area contributed by atoms with Gasteiger partial charge in [-0.05, 0) is 31.0 Å². The number of likely N-dealkylation sites (N-methyl/N-ethyl adjacent to an activating group) is 1. The highest BCUT2D eigenvalue weighted by Gasteiger charge is 2.36. The van der Waals surface area contributed by atoms with Crippen LogP contribution >= 0.6 is 0 Å². The van der Waals surface area contributed by atoms with Gasteiger partial charge in [-0.1, -0.05) is 12.1 Å². The van der Waals surface area contributed by atoms with Crippen molar-refractivity contribution in [1.29, 1.82) is 0 Å². The summed E-state index contributed by atoms with van der Waals surface area (Å²) in [6.07, 6.45) is 0.894. The van der Waals surface area contributed by atoms with Crippen LogP contribution in [0.15, 0.2) is 24.3 Å². The smallest absolute Gasteiger partial charge is 0.246 e. The molecule has 1 aliphatic heterocycles. The Kier molecular flexibility index (Phi) is 3.95. The van der Waals surface area contributed by atoms with Crippen LogP contribution in [-0.2, 0) is 16.0 Å². The van der Waals surface area contributed by atoms with Gasteiger partial charge in [0.15, 0.2) is 0 Å². The lowest BCUT2D eigenvalue weighted by atomic mass is 10.1. The van der Waals surface area contributed by atoms with Crippen LogP contribution in [0.4, 0.5) is 4.39 Å². The second-order valence-electron chi connectivity index (χ2n) is 4.95. The third kappa shape index (κ3) is 3.17. The standard InChI is InChI=1S/C14H17FN2O2/c1-9(7-10-3-5-11(15)6-4-10)16-12-8-13(18)17(2)14(12)19/h3-6,9,12,16H,7-8H2,1-2H3. The Hall–Kier alpha value is -1.75. The van der Waals surface area contributed by atoms with E-state index in [1.165, 1.54) is 19.2 Å². The van der Waals surface area contributed by atoms with E-state index < -0.39 is 6.04 Å².